The fourth-order valence-corrected chi connectivity index (χ4v) is 4.36. The maximum absolute atomic E-state index is 11.1. The smallest absolute Gasteiger partial charge is 0.199 e. The van der Waals surface area contributed by atoms with E-state index in [0.717, 1.165) is 52.3 Å². The zero-order valence-electron chi connectivity index (χ0n) is 21.2. The number of aliphatic imine (C=N–C) groups is 1. The van der Waals surface area contributed by atoms with Gasteiger partial charge in [0.2, 0.25) is 0 Å². The van der Waals surface area contributed by atoms with Crippen molar-refractivity contribution in [2.24, 2.45) is 4.99 Å². The predicted molar refractivity (Wildman–Crippen MR) is 151 cm³/mol. The largest absolute Gasteiger partial charge is 0.494 e. The number of benzene rings is 3. The number of nitrogens with zero attached hydrogens (tertiary/aromatic N) is 4. The van der Waals surface area contributed by atoms with Crippen molar-refractivity contribution in [3.8, 4) is 17.1 Å². The Hall–Kier alpha value is -4.49. The van der Waals surface area contributed by atoms with Gasteiger partial charge in [-0.25, -0.2) is 9.98 Å². The lowest BCUT2D eigenvalue weighted by atomic mass is 9.99. The molecule has 0 saturated carbocycles. The van der Waals surface area contributed by atoms with Gasteiger partial charge in [-0.3, -0.25) is 4.98 Å². The minimum atomic E-state index is 0.0764. The van der Waals surface area contributed by atoms with Crippen molar-refractivity contribution in [2.45, 2.75) is 13.5 Å². The molecule has 5 aromatic rings. The molecule has 5 rings (SSSR count). The van der Waals surface area contributed by atoms with Crippen LogP contribution in [0.4, 0.5) is 11.5 Å². The van der Waals surface area contributed by atoms with Crippen molar-refractivity contribution >= 4 is 28.1 Å². The second-order valence-electron chi connectivity index (χ2n) is 9.16. The molecule has 3 N–H and O–H groups in total. The summed E-state index contributed by atoms with van der Waals surface area (Å²) in [6, 6.07) is 24.1. The highest BCUT2D eigenvalue weighted by Gasteiger charge is 2.19. The molecule has 2 aromatic heterocycles. The van der Waals surface area contributed by atoms with Crippen LogP contribution in [0, 0.1) is 0 Å². The van der Waals surface area contributed by atoms with E-state index in [9.17, 15) is 5.11 Å². The third kappa shape index (κ3) is 5.37. The summed E-state index contributed by atoms with van der Waals surface area (Å²) in [4.78, 5) is 19.2. The molecule has 0 aliphatic rings. The van der Waals surface area contributed by atoms with Crippen LogP contribution in [-0.4, -0.2) is 51.3 Å². The van der Waals surface area contributed by atoms with Crippen molar-refractivity contribution in [2.75, 3.05) is 26.0 Å². The van der Waals surface area contributed by atoms with Crippen LogP contribution in [-0.2, 0) is 6.54 Å². The Morgan fingerprint density at radius 1 is 0.973 bits per heavy atom. The molecular weight excluding hydrogens is 460 g/mol. The Labute approximate surface area is 216 Å². The molecule has 0 fully saturated rings. The Morgan fingerprint density at radius 3 is 2.43 bits per heavy atom. The van der Waals surface area contributed by atoms with Crippen LogP contribution < -0.4 is 5.32 Å². The van der Waals surface area contributed by atoms with Crippen LogP contribution >= 0.6 is 0 Å². The van der Waals surface area contributed by atoms with Crippen molar-refractivity contribution in [3.05, 3.63) is 102 Å². The topological polar surface area (TPSA) is 89.4 Å². The molecule has 7 heteroatoms. The molecule has 0 unspecified atom stereocenters. The Morgan fingerprint density at radius 2 is 1.76 bits per heavy atom. The summed E-state index contributed by atoms with van der Waals surface area (Å²) in [6.45, 7) is 3.67. The fraction of sp³-hybridized carbons (Fsp3) is 0.167. The van der Waals surface area contributed by atoms with Crippen LogP contribution in [0.25, 0.3) is 22.2 Å². The van der Waals surface area contributed by atoms with E-state index in [-0.39, 0.29) is 5.88 Å². The Balaban J connectivity index is 1.57. The van der Waals surface area contributed by atoms with Gasteiger partial charge in [0.15, 0.2) is 5.88 Å². The lowest BCUT2D eigenvalue weighted by Gasteiger charge is -2.10. The molecule has 37 heavy (non-hydrogen) atoms. The monoisotopic (exact) mass is 490 g/mol. The number of aromatic nitrogens is 3. The highest BCUT2D eigenvalue weighted by molar-refractivity contribution is 6.22. The molecule has 0 aliphatic carbocycles. The molecule has 0 aliphatic heterocycles. The van der Waals surface area contributed by atoms with Gasteiger partial charge in [-0.1, -0.05) is 54.6 Å². The van der Waals surface area contributed by atoms with E-state index in [1.807, 2.05) is 67.6 Å². The third-order valence-electron chi connectivity index (χ3n) is 6.04. The quantitative estimate of drug-likeness (QED) is 0.232. The average Bonchev–Trinajstić information content (AvgIpc) is 3.23. The summed E-state index contributed by atoms with van der Waals surface area (Å²) >= 11 is 0. The first-order chi connectivity index (χ1) is 18.0. The van der Waals surface area contributed by atoms with Crippen LogP contribution in [0.15, 0.2) is 90.2 Å². The molecular formula is C30H30N6O. The van der Waals surface area contributed by atoms with E-state index < -0.39 is 0 Å². The van der Waals surface area contributed by atoms with E-state index in [0.29, 0.717) is 11.3 Å². The number of H-pyrrole nitrogens is 1. The van der Waals surface area contributed by atoms with Gasteiger partial charge in [0, 0.05) is 35.1 Å². The van der Waals surface area contributed by atoms with Crippen molar-refractivity contribution < 1.29 is 5.11 Å². The summed E-state index contributed by atoms with van der Waals surface area (Å²) < 4.78 is 0. The lowest BCUT2D eigenvalue weighted by Crippen LogP contribution is -2.10. The predicted octanol–water partition coefficient (Wildman–Crippen LogP) is 5.99. The Kier molecular flexibility index (Phi) is 6.96. The van der Waals surface area contributed by atoms with Crippen molar-refractivity contribution in [3.63, 3.8) is 0 Å². The number of rotatable bonds is 8. The average molecular weight is 491 g/mol. The molecule has 3 aromatic carbocycles. The molecule has 0 radical (unpaired) electrons. The summed E-state index contributed by atoms with van der Waals surface area (Å²) in [5, 5.41) is 15.1. The molecule has 0 spiro atoms. The minimum absolute atomic E-state index is 0.0764. The van der Waals surface area contributed by atoms with Crippen LogP contribution in [0.3, 0.4) is 0 Å². The molecule has 0 saturated heterocycles. The number of aromatic amines is 1. The second-order valence-corrected chi connectivity index (χ2v) is 9.16. The van der Waals surface area contributed by atoms with E-state index >= 15 is 0 Å². The number of nitrogens with one attached hydrogen (secondary N) is 2. The zero-order chi connectivity index (χ0) is 25.8. The summed E-state index contributed by atoms with van der Waals surface area (Å²) in [7, 11) is 4.10. The van der Waals surface area contributed by atoms with Gasteiger partial charge >= 0.3 is 0 Å². The number of fused-ring (bicyclic) bond motifs is 1. The highest BCUT2D eigenvalue weighted by atomic mass is 16.3. The number of hydrogen-bond donors (Lipinski definition) is 3. The van der Waals surface area contributed by atoms with E-state index in [2.05, 4.69) is 51.4 Å². The molecule has 0 atom stereocenters. The van der Waals surface area contributed by atoms with Crippen molar-refractivity contribution in [1.29, 1.82) is 0 Å². The Bertz CT molecular complexity index is 1520. The molecule has 0 amide bonds. The summed E-state index contributed by atoms with van der Waals surface area (Å²) in [5.41, 5.74) is 6.79. The highest BCUT2D eigenvalue weighted by Crippen LogP contribution is 2.33. The second kappa shape index (κ2) is 10.6. The van der Waals surface area contributed by atoms with E-state index in [4.69, 9.17) is 4.99 Å². The van der Waals surface area contributed by atoms with E-state index in [1.165, 1.54) is 5.56 Å². The van der Waals surface area contributed by atoms with Crippen LogP contribution in [0.5, 0.6) is 5.88 Å². The molecule has 7 nitrogen and oxygen atoms in total. The fourth-order valence-electron chi connectivity index (χ4n) is 4.36. The zero-order valence-corrected chi connectivity index (χ0v) is 21.2. The lowest BCUT2D eigenvalue weighted by molar-refractivity contribution is 0.402. The first kappa shape index (κ1) is 24.2. The van der Waals surface area contributed by atoms with Crippen LogP contribution in [0.1, 0.15) is 23.6 Å². The number of anilines is 1. The molecule has 186 valence electrons. The summed E-state index contributed by atoms with van der Waals surface area (Å²) in [6.07, 6.45) is 3.48. The van der Waals surface area contributed by atoms with Crippen LogP contribution in [0.2, 0.25) is 0 Å². The number of hydrogen-bond acceptors (Lipinski definition) is 6. The maximum atomic E-state index is 11.1. The van der Waals surface area contributed by atoms with Gasteiger partial charge in [0.05, 0.1) is 35.1 Å². The van der Waals surface area contributed by atoms with Gasteiger partial charge < -0.3 is 20.3 Å². The normalized spacial score (nSPS) is 11.8. The first-order valence-electron chi connectivity index (χ1n) is 12.3. The van der Waals surface area contributed by atoms with Gasteiger partial charge in [0.1, 0.15) is 5.82 Å². The molecule has 0 bridgehead atoms. The van der Waals surface area contributed by atoms with Gasteiger partial charge in [0.25, 0.3) is 0 Å². The molecule has 2 heterocycles. The van der Waals surface area contributed by atoms with E-state index in [1.54, 1.807) is 12.4 Å². The van der Waals surface area contributed by atoms with Gasteiger partial charge in [-0.05, 0) is 44.8 Å². The standard InChI is InChI=1S/C30H30N6O/c1-4-31-27-18-32-26(17-33-27)22-12-15-24-25(16-22)35-30(37)28(24)29(21-8-6-5-7-9-21)34-23-13-10-20(11-14-23)19-36(2)3/h5-18,35,37H,4,19H2,1-3H3,(H,31,33). The first-order valence-corrected chi connectivity index (χ1v) is 12.3. The van der Waals surface area contributed by atoms with Gasteiger partial charge in [-0.2, -0.15) is 0 Å². The third-order valence-corrected chi connectivity index (χ3v) is 6.04. The summed E-state index contributed by atoms with van der Waals surface area (Å²) in [5.74, 6) is 0.818. The minimum Gasteiger partial charge on any atom is -0.494 e. The van der Waals surface area contributed by atoms with Crippen molar-refractivity contribution in [1.82, 2.24) is 19.9 Å². The SMILES string of the molecule is CCNc1cnc(-c2ccc3c(C(=Nc4ccc(CN(C)C)cc4)c4ccccc4)c(O)[nH]c3c2)cn1. The van der Waals surface area contributed by atoms with Gasteiger partial charge in [-0.15, -0.1) is 0 Å². The number of aromatic hydroxyl groups is 1. The maximum Gasteiger partial charge on any atom is 0.199 e.